The average molecular weight is 348 g/mol. The van der Waals surface area contributed by atoms with Crippen LogP contribution in [0.2, 0.25) is 0 Å². The number of nitrogens with zero attached hydrogens (tertiary/aromatic N) is 1. The van der Waals surface area contributed by atoms with Crippen molar-refractivity contribution in [1.29, 1.82) is 0 Å². The number of fused-ring (bicyclic) bond motifs is 1. The molecule has 0 bridgehead atoms. The molecule has 0 aromatic heterocycles. The topological polar surface area (TPSA) is 38.8 Å². The van der Waals surface area contributed by atoms with E-state index in [2.05, 4.69) is 15.9 Å². The van der Waals surface area contributed by atoms with Gasteiger partial charge in [-0.15, -0.1) is 0 Å². The number of anilines is 1. The van der Waals surface area contributed by atoms with Gasteiger partial charge in [0.05, 0.1) is 0 Å². The van der Waals surface area contributed by atoms with E-state index >= 15 is 0 Å². The molecule has 0 unspecified atom stereocenters. The molecule has 4 nitrogen and oxygen atoms in total. The molecule has 0 N–H and O–H groups in total. The molecule has 2 aromatic carbocycles. The molecule has 0 aliphatic carbocycles. The largest absolute Gasteiger partial charge is 0.454 e. The minimum atomic E-state index is -0.0745. The fourth-order valence-corrected chi connectivity index (χ4v) is 2.51. The van der Waals surface area contributed by atoms with Gasteiger partial charge in [-0.05, 0) is 36.8 Å². The van der Waals surface area contributed by atoms with Crippen molar-refractivity contribution in [2.24, 2.45) is 0 Å². The fraction of sp³-hybridized carbons (Fsp3) is 0.188. The van der Waals surface area contributed by atoms with E-state index < -0.39 is 0 Å². The van der Waals surface area contributed by atoms with E-state index in [0.29, 0.717) is 17.1 Å². The van der Waals surface area contributed by atoms with Gasteiger partial charge in [0.1, 0.15) is 0 Å². The third-order valence-corrected chi connectivity index (χ3v) is 4.32. The summed E-state index contributed by atoms with van der Waals surface area (Å²) < 4.78 is 11.5. The van der Waals surface area contributed by atoms with Crippen LogP contribution in [-0.2, 0) is 0 Å². The SMILES string of the molecule is Cc1ccc(C(=O)N(C)c2ccc3c(c2)OCO3)cc1Br. The van der Waals surface area contributed by atoms with Gasteiger partial charge in [-0.2, -0.15) is 0 Å². The molecule has 2 aromatic rings. The molecule has 1 heterocycles. The smallest absolute Gasteiger partial charge is 0.258 e. The lowest BCUT2D eigenvalue weighted by Crippen LogP contribution is -2.26. The van der Waals surface area contributed by atoms with Crippen LogP contribution in [0.15, 0.2) is 40.9 Å². The molecule has 3 rings (SSSR count). The van der Waals surface area contributed by atoms with Gasteiger partial charge in [0.25, 0.3) is 5.91 Å². The molecule has 21 heavy (non-hydrogen) atoms. The predicted molar refractivity (Wildman–Crippen MR) is 84.2 cm³/mol. The Kier molecular flexibility index (Phi) is 3.59. The van der Waals surface area contributed by atoms with Gasteiger partial charge in [0.15, 0.2) is 11.5 Å². The highest BCUT2D eigenvalue weighted by Crippen LogP contribution is 2.35. The minimum absolute atomic E-state index is 0.0745. The number of rotatable bonds is 2. The summed E-state index contributed by atoms with van der Waals surface area (Å²) in [6.07, 6.45) is 0. The Bertz CT molecular complexity index is 715. The van der Waals surface area contributed by atoms with Gasteiger partial charge >= 0.3 is 0 Å². The highest BCUT2D eigenvalue weighted by atomic mass is 79.9. The van der Waals surface area contributed by atoms with Crippen molar-refractivity contribution in [3.05, 3.63) is 52.0 Å². The molecule has 1 aliphatic heterocycles. The molecular formula is C16H14BrNO3. The van der Waals surface area contributed by atoms with Crippen LogP contribution in [0.4, 0.5) is 5.69 Å². The van der Waals surface area contributed by atoms with Crippen molar-refractivity contribution in [2.75, 3.05) is 18.7 Å². The van der Waals surface area contributed by atoms with Crippen molar-refractivity contribution in [3.63, 3.8) is 0 Å². The second-order valence-corrected chi connectivity index (χ2v) is 5.72. The fourth-order valence-electron chi connectivity index (χ4n) is 2.13. The molecule has 5 heteroatoms. The number of hydrogen-bond acceptors (Lipinski definition) is 3. The lowest BCUT2D eigenvalue weighted by molar-refractivity contribution is 0.0993. The van der Waals surface area contributed by atoms with E-state index in [4.69, 9.17) is 9.47 Å². The minimum Gasteiger partial charge on any atom is -0.454 e. The van der Waals surface area contributed by atoms with E-state index in [1.54, 1.807) is 11.9 Å². The summed E-state index contributed by atoms with van der Waals surface area (Å²) in [4.78, 5) is 14.1. The third-order valence-electron chi connectivity index (χ3n) is 3.47. The van der Waals surface area contributed by atoms with Crippen LogP contribution in [-0.4, -0.2) is 19.7 Å². The first kappa shape index (κ1) is 13.9. The van der Waals surface area contributed by atoms with Crippen molar-refractivity contribution in [1.82, 2.24) is 0 Å². The van der Waals surface area contributed by atoms with Gasteiger partial charge in [-0.3, -0.25) is 4.79 Å². The van der Waals surface area contributed by atoms with Gasteiger partial charge in [0, 0.05) is 28.8 Å². The second-order valence-electron chi connectivity index (χ2n) is 4.87. The molecule has 0 fully saturated rings. The zero-order chi connectivity index (χ0) is 15.0. The monoisotopic (exact) mass is 347 g/mol. The molecular weight excluding hydrogens is 334 g/mol. The molecule has 0 radical (unpaired) electrons. The summed E-state index contributed by atoms with van der Waals surface area (Å²) in [5.74, 6) is 1.30. The van der Waals surface area contributed by atoms with Crippen LogP contribution in [0.25, 0.3) is 0 Å². The maximum absolute atomic E-state index is 12.5. The summed E-state index contributed by atoms with van der Waals surface area (Å²) in [7, 11) is 1.74. The molecule has 0 atom stereocenters. The highest BCUT2D eigenvalue weighted by Gasteiger charge is 2.18. The Morgan fingerprint density at radius 2 is 1.90 bits per heavy atom. The Balaban J connectivity index is 1.88. The number of carbonyl (C=O) groups is 1. The summed E-state index contributed by atoms with van der Waals surface area (Å²) >= 11 is 3.45. The lowest BCUT2D eigenvalue weighted by atomic mass is 10.1. The van der Waals surface area contributed by atoms with E-state index in [0.717, 1.165) is 15.7 Å². The number of ether oxygens (including phenoxy) is 2. The van der Waals surface area contributed by atoms with Gasteiger partial charge < -0.3 is 14.4 Å². The first-order valence-electron chi connectivity index (χ1n) is 6.50. The van der Waals surface area contributed by atoms with Crippen LogP contribution in [0.5, 0.6) is 11.5 Å². The third kappa shape index (κ3) is 2.61. The van der Waals surface area contributed by atoms with Gasteiger partial charge in [-0.1, -0.05) is 22.0 Å². The van der Waals surface area contributed by atoms with Gasteiger partial charge in [0.2, 0.25) is 6.79 Å². The van der Waals surface area contributed by atoms with E-state index in [-0.39, 0.29) is 12.7 Å². The summed E-state index contributed by atoms with van der Waals surface area (Å²) in [6, 6.07) is 11.0. The average Bonchev–Trinajstić information content (AvgIpc) is 2.96. The van der Waals surface area contributed by atoms with Crippen molar-refractivity contribution >= 4 is 27.5 Å². The normalized spacial score (nSPS) is 12.3. The summed E-state index contributed by atoms with van der Waals surface area (Å²) in [5, 5.41) is 0. The Hall–Kier alpha value is -2.01. The number of amides is 1. The van der Waals surface area contributed by atoms with Crippen LogP contribution in [0, 0.1) is 6.92 Å². The lowest BCUT2D eigenvalue weighted by Gasteiger charge is -2.18. The van der Waals surface area contributed by atoms with Crippen LogP contribution in [0.1, 0.15) is 15.9 Å². The van der Waals surface area contributed by atoms with Crippen molar-refractivity contribution < 1.29 is 14.3 Å². The Morgan fingerprint density at radius 1 is 1.14 bits per heavy atom. The van der Waals surface area contributed by atoms with Gasteiger partial charge in [-0.25, -0.2) is 0 Å². The molecule has 0 saturated carbocycles. The Morgan fingerprint density at radius 3 is 2.67 bits per heavy atom. The molecule has 1 amide bonds. The van der Waals surface area contributed by atoms with E-state index in [1.807, 2.05) is 43.3 Å². The summed E-state index contributed by atoms with van der Waals surface area (Å²) in [6.45, 7) is 2.21. The zero-order valence-electron chi connectivity index (χ0n) is 11.7. The first-order chi connectivity index (χ1) is 10.1. The first-order valence-corrected chi connectivity index (χ1v) is 7.29. The van der Waals surface area contributed by atoms with Crippen LogP contribution < -0.4 is 14.4 Å². The van der Waals surface area contributed by atoms with Crippen LogP contribution >= 0.6 is 15.9 Å². The second kappa shape index (κ2) is 5.41. The summed E-state index contributed by atoms with van der Waals surface area (Å²) in [5.41, 5.74) is 2.49. The maximum Gasteiger partial charge on any atom is 0.258 e. The number of halogens is 1. The quantitative estimate of drug-likeness (QED) is 0.830. The number of benzene rings is 2. The number of hydrogen-bond donors (Lipinski definition) is 0. The number of carbonyl (C=O) groups excluding carboxylic acids is 1. The zero-order valence-corrected chi connectivity index (χ0v) is 13.3. The molecule has 108 valence electrons. The molecule has 0 saturated heterocycles. The van der Waals surface area contributed by atoms with Crippen molar-refractivity contribution in [2.45, 2.75) is 6.92 Å². The standard InChI is InChI=1S/C16H14BrNO3/c1-10-3-4-11(7-13(10)17)16(19)18(2)12-5-6-14-15(8-12)21-9-20-14/h3-8H,9H2,1-2H3. The molecule has 0 spiro atoms. The van der Waals surface area contributed by atoms with Crippen LogP contribution in [0.3, 0.4) is 0 Å². The van der Waals surface area contributed by atoms with E-state index in [1.165, 1.54) is 0 Å². The number of aryl methyl sites for hydroxylation is 1. The van der Waals surface area contributed by atoms with Crippen molar-refractivity contribution in [3.8, 4) is 11.5 Å². The predicted octanol–water partition coefficient (Wildman–Crippen LogP) is 3.76. The highest BCUT2D eigenvalue weighted by molar-refractivity contribution is 9.10. The maximum atomic E-state index is 12.5. The van der Waals surface area contributed by atoms with E-state index in [9.17, 15) is 4.79 Å². The molecule has 1 aliphatic rings. The Labute approximate surface area is 131 Å².